The van der Waals surface area contributed by atoms with Crippen LogP contribution in [0.3, 0.4) is 0 Å². The van der Waals surface area contributed by atoms with Gasteiger partial charge in [-0.15, -0.1) is 0 Å². The first-order valence-corrected chi connectivity index (χ1v) is 6.70. The van der Waals surface area contributed by atoms with Crippen LogP contribution >= 0.6 is 0 Å². The molecule has 1 fully saturated rings. The van der Waals surface area contributed by atoms with E-state index in [1.807, 2.05) is 20.8 Å². The van der Waals surface area contributed by atoms with Crippen LogP contribution in [0.1, 0.15) is 65.7 Å². The van der Waals surface area contributed by atoms with Gasteiger partial charge in [0.2, 0.25) is 5.91 Å². The molecule has 0 spiro atoms. The molecule has 0 aromatic rings. The van der Waals surface area contributed by atoms with Crippen molar-refractivity contribution in [3.05, 3.63) is 0 Å². The number of carbonyl (C=O) groups is 1. The number of amides is 1. The molecule has 0 heterocycles. The third-order valence-electron chi connectivity index (χ3n) is 3.94. The summed E-state index contributed by atoms with van der Waals surface area (Å²) >= 11 is 0. The number of nitrogens with zero attached hydrogens (tertiary/aromatic N) is 1. The van der Waals surface area contributed by atoms with E-state index in [4.69, 9.17) is 0 Å². The van der Waals surface area contributed by atoms with Gasteiger partial charge in [0.1, 0.15) is 5.41 Å². The fourth-order valence-corrected chi connectivity index (χ4v) is 2.24. The van der Waals surface area contributed by atoms with Crippen LogP contribution < -0.4 is 5.32 Å². The molecule has 1 rings (SSSR count). The quantitative estimate of drug-likeness (QED) is 0.765. The Morgan fingerprint density at radius 1 is 1.29 bits per heavy atom. The van der Waals surface area contributed by atoms with Crippen LogP contribution in [-0.4, -0.2) is 11.4 Å². The van der Waals surface area contributed by atoms with E-state index in [0.717, 1.165) is 44.9 Å². The summed E-state index contributed by atoms with van der Waals surface area (Å²) in [4.78, 5) is 12.3. The number of hydrogen-bond donors (Lipinski definition) is 1. The van der Waals surface area contributed by atoms with Crippen molar-refractivity contribution in [1.82, 2.24) is 5.32 Å². The van der Waals surface area contributed by atoms with Crippen molar-refractivity contribution in [3.63, 3.8) is 0 Å². The highest BCUT2D eigenvalue weighted by atomic mass is 16.2. The molecule has 1 N–H and O–H groups in total. The average molecular weight is 236 g/mol. The molecule has 1 aliphatic carbocycles. The van der Waals surface area contributed by atoms with Gasteiger partial charge in [0.15, 0.2) is 0 Å². The van der Waals surface area contributed by atoms with Crippen LogP contribution in [0, 0.1) is 16.7 Å². The molecule has 3 heteroatoms. The van der Waals surface area contributed by atoms with Crippen LogP contribution in [0.2, 0.25) is 0 Å². The first-order chi connectivity index (χ1) is 7.96. The third kappa shape index (κ3) is 3.46. The lowest BCUT2D eigenvalue weighted by atomic mass is 9.80. The summed E-state index contributed by atoms with van der Waals surface area (Å²) in [6, 6.07) is 2.29. The molecule has 1 aliphatic rings. The molecule has 0 aromatic heterocycles. The van der Waals surface area contributed by atoms with Crippen molar-refractivity contribution < 1.29 is 4.79 Å². The molecule has 0 radical (unpaired) electrons. The first kappa shape index (κ1) is 14.0. The number of rotatable bonds is 3. The van der Waals surface area contributed by atoms with Gasteiger partial charge in [-0.05, 0) is 33.1 Å². The molecular formula is C14H24N2O. The van der Waals surface area contributed by atoms with E-state index in [1.54, 1.807) is 0 Å². The van der Waals surface area contributed by atoms with Crippen LogP contribution in [0.4, 0.5) is 0 Å². The number of carbonyl (C=O) groups excluding carboxylic acids is 1. The van der Waals surface area contributed by atoms with Gasteiger partial charge in [-0.3, -0.25) is 4.79 Å². The Bertz CT molecular complexity index is 307. The molecule has 0 aliphatic heterocycles. The minimum absolute atomic E-state index is 0.0613. The van der Waals surface area contributed by atoms with Gasteiger partial charge in [0.25, 0.3) is 0 Å². The zero-order chi connectivity index (χ0) is 12.9. The lowest BCUT2D eigenvalue weighted by Crippen LogP contribution is -2.49. The van der Waals surface area contributed by atoms with Crippen LogP contribution in [-0.2, 0) is 4.79 Å². The Labute approximate surface area is 105 Å². The fraction of sp³-hybridized carbons (Fsp3) is 0.857. The Morgan fingerprint density at radius 2 is 1.82 bits per heavy atom. The minimum Gasteiger partial charge on any atom is -0.350 e. The summed E-state index contributed by atoms with van der Waals surface area (Å²) < 4.78 is 0. The predicted octanol–water partition coefficient (Wildman–Crippen LogP) is 3.16. The second-order valence-electron chi connectivity index (χ2n) is 5.80. The third-order valence-corrected chi connectivity index (χ3v) is 3.94. The Balaban J connectivity index is 2.79. The molecule has 0 atom stereocenters. The second kappa shape index (κ2) is 5.53. The summed E-state index contributed by atoms with van der Waals surface area (Å²) in [6.45, 7) is 6.06. The topological polar surface area (TPSA) is 52.9 Å². The zero-order valence-corrected chi connectivity index (χ0v) is 11.3. The van der Waals surface area contributed by atoms with Crippen molar-refractivity contribution in [3.8, 4) is 6.07 Å². The lowest BCUT2D eigenvalue weighted by Gasteiger charge is -2.31. The van der Waals surface area contributed by atoms with Crippen molar-refractivity contribution >= 4 is 5.91 Å². The van der Waals surface area contributed by atoms with Gasteiger partial charge >= 0.3 is 0 Å². The number of nitrogens with one attached hydrogen (secondary N) is 1. The largest absolute Gasteiger partial charge is 0.350 e. The standard InChI is InChI=1S/C14H24N2O/c1-4-13(2,3)16-12(17)14(11-15)9-7-5-6-8-10-14/h4-10H2,1-3H3,(H,16,17). The maximum atomic E-state index is 12.3. The van der Waals surface area contributed by atoms with Crippen molar-refractivity contribution in [2.24, 2.45) is 5.41 Å². The van der Waals surface area contributed by atoms with E-state index in [-0.39, 0.29) is 11.4 Å². The summed E-state index contributed by atoms with van der Waals surface area (Å²) in [7, 11) is 0. The molecule has 0 aromatic carbocycles. The van der Waals surface area contributed by atoms with Crippen LogP contribution in [0.5, 0.6) is 0 Å². The van der Waals surface area contributed by atoms with Crippen LogP contribution in [0.25, 0.3) is 0 Å². The van der Waals surface area contributed by atoms with E-state index in [2.05, 4.69) is 11.4 Å². The highest BCUT2D eigenvalue weighted by molar-refractivity contribution is 5.86. The molecule has 96 valence electrons. The molecule has 1 saturated carbocycles. The summed E-state index contributed by atoms with van der Waals surface area (Å²) in [6.07, 6.45) is 6.59. The average Bonchev–Trinajstić information content (AvgIpc) is 2.54. The van der Waals surface area contributed by atoms with E-state index in [1.165, 1.54) is 0 Å². The van der Waals surface area contributed by atoms with Gasteiger partial charge in [-0.2, -0.15) is 5.26 Å². The van der Waals surface area contributed by atoms with Crippen molar-refractivity contribution in [1.29, 1.82) is 5.26 Å². The Kier molecular flexibility index (Phi) is 4.56. The SMILES string of the molecule is CCC(C)(C)NC(=O)C1(C#N)CCCCCC1. The monoisotopic (exact) mass is 236 g/mol. The van der Waals surface area contributed by atoms with Gasteiger partial charge in [-0.25, -0.2) is 0 Å². The molecule has 0 saturated heterocycles. The van der Waals surface area contributed by atoms with E-state index in [9.17, 15) is 10.1 Å². The normalized spacial score (nSPS) is 20.1. The van der Waals surface area contributed by atoms with E-state index in [0.29, 0.717) is 0 Å². The summed E-state index contributed by atoms with van der Waals surface area (Å²) in [5.74, 6) is -0.0613. The fourth-order valence-electron chi connectivity index (χ4n) is 2.24. The molecule has 0 unspecified atom stereocenters. The Morgan fingerprint density at radius 3 is 2.24 bits per heavy atom. The molecule has 17 heavy (non-hydrogen) atoms. The summed E-state index contributed by atoms with van der Waals surface area (Å²) in [5, 5.41) is 12.4. The maximum Gasteiger partial charge on any atom is 0.240 e. The number of hydrogen-bond acceptors (Lipinski definition) is 2. The smallest absolute Gasteiger partial charge is 0.240 e. The van der Waals surface area contributed by atoms with E-state index >= 15 is 0 Å². The maximum absolute atomic E-state index is 12.3. The van der Waals surface area contributed by atoms with Crippen molar-refractivity contribution in [2.75, 3.05) is 0 Å². The second-order valence-corrected chi connectivity index (χ2v) is 5.80. The number of nitriles is 1. The minimum atomic E-state index is -0.775. The van der Waals surface area contributed by atoms with E-state index < -0.39 is 5.41 Å². The Hall–Kier alpha value is -1.04. The summed E-state index contributed by atoms with van der Waals surface area (Å²) in [5.41, 5.74) is -0.990. The lowest BCUT2D eigenvalue weighted by molar-refractivity contribution is -0.130. The highest BCUT2D eigenvalue weighted by Crippen LogP contribution is 2.35. The van der Waals surface area contributed by atoms with Gasteiger partial charge in [-0.1, -0.05) is 32.6 Å². The molecule has 1 amide bonds. The van der Waals surface area contributed by atoms with Crippen LogP contribution in [0.15, 0.2) is 0 Å². The first-order valence-electron chi connectivity index (χ1n) is 6.70. The predicted molar refractivity (Wildman–Crippen MR) is 68.3 cm³/mol. The molecule has 0 bridgehead atoms. The van der Waals surface area contributed by atoms with Gasteiger partial charge in [0.05, 0.1) is 6.07 Å². The molecule has 3 nitrogen and oxygen atoms in total. The van der Waals surface area contributed by atoms with Gasteiger partial charge in [0, 0.05) is 5.54 Å². The van der Waals surface area contributed by atoms with Gasteiger partial charge < -0.3 is 5.32 Å². The highest BCUT2D eigenvalue weighted by Gasteiger charge is 2.40. The zero-order valence-electron chi connectivity index (χ0n) is 11.3. The van der Waals surface area contributed by atoms with Crippen molar-refractivity contribution in [2.45, 2.75) is 71.3 Å². The molecular weight excluding hydrogens is 212 g/mol.